The molecular formula is C57H99NO3. The van der Waals surface area contributed by atoms with Crippen molar-refractivity contribution in [3.8, 4) is 0 Å². The predicted molar refractivity (Wildman–Crippen MR) is 271 cm³/mol. The fraction of sp³-hybridized carbons (Fsp3) is 0.702. The molecule has 1 amide bonds. The third-order valence-electron chi connectivity index (χ3n) is 11.4. The second kappa shape index (κ2) is 51.7. The van der Waals surface area contributed by atoms with Gasteiger partial charge in [-0.25, -0.2) is 0 Å². The van der Waals surface area contributed by atoms with Gasteiger partial charge in [-0.1, -0.05) is 252 Å². The first-order valence-corrected chi connectivity index (χ1v) is 25.9. The Morgan fingerprint density at radius 3 is 1.08 bits per heavy atom. The van der Waals surface area contributed by atoms with Crippen LogP contribution in [0, 0.1) is 0 Å². The topological polar surface area (TPSA) is 69.6 Å². The van der Waals surface area contributed by atoms with Crippen molar-refractivity contribution in [3.63, 3.8) is 0 Å². The molecule has 4 heteroatoms. The zero-order chi connectivity index (χ0) is 44.2. The molecule has 0 aliphatic rings. The van der Waals surface area contributed by atoms with Crippen LogP contribution < -0.4 is 5.32 Å². The minimum absolute atomic E-state index is 0.0376. The number of carbonyl (C=O) groups excluding carboxylic acids is 1. The lowest BCUT2D eigenvalue weighted by atomic mass is 10.0. The van der Waals surface area contributed by atoms with Gasteiger partial charge in [0.05, 0.1) is 18.8 Å². The number of allylic oxidation sites excluding steroid dienone is 16. The Morgan fingerprint density at radius 2 is 0.721 bits per heavy atom. The van der Waals surface area contributed by atoms with Gasteiger partial charge in [-0.15, -0.1) is 0 Å². The van der Waals surface area contributed by atoms with Crippen molar-refractivity contribution in [3.05, 3.63) is 97.2 Å². The van der Waals surface area contributed by atoms with E-state index < -0.39 is 12.1 Å². The van der Waals surface area contributed by atoms with Gasteiger partial charge in [0, 0.05) is 6.42 Å². The van der Waals surface area contributed by atoms with Crippen LogP contribution in [0.5, 0.6) is 0 Å². The van der Waals surface area contributed by atoms with Crippen LogP contribution in [0.15, 0.2) is 97.2 Å². The summed E-state index contributed by atoms with van der Waals surface area (Å²) in [6.45, 7) is 4.23. The third kappa shape index (κ3) is 48.2. The van der Waals surface area contributed by atoms with Crippen molar-refractivity contribution in [2.24, 2.45) is 0 Å². The molecule has 0 aromatic rings. The van der Waals surface area contributed by atoms with E-state index in [0.717, 1.165) is 77.0 Å². The number of hydrogen-bond acceptors (Lipinski definition) is 3. The molecule has 2 atom stereocenters. The molecule has 2 unspecified atom stereocenters. The normalized spacial score (nSPS) is 13.7. The second-order valence-electron chi connectivity index (χ2n) is 17.2. The van der Waals surface area contributed by atoms with E-state index in [4.69, 9.17) is 0 Å². The minimum Gasteiger partial charge on any atom is -0.394 e. The van der Waals surface area contributed by atoms with Gasteiger partial charge < -0.3 is 15.5 Å². The van der Waals surface area contributed by atoms with E-state index in [2.05, 4.69) is 116 Å². The molecule has 0 rings (SSSR count). The van der Waals surface area contributed by atoms with Crippen LogP contribution in [0.1, 0.15) is 239 Å². The molecule has 0 spiro atoms. The first-order valence-electron chi connectivity index (χ1n) is 25.9. The van der Waals surface area contributed by atoms with Gasteiger partial charge in [-0.2, -0.15) is 0 Å². The largest absolute Gasteiger partial charge is 0.394 e. The van der Waals surface area contributed by atoms with Crippen molar-refractivity contribution in [1.29, 1.82) is 0 Å². The first kappa shape index (κ1) is 58.3. The summed E-state index contributed by atoms with van der Waals surface area (Å²) in [6, 6.07) is -0.541. The van der Waals surface area contributed by atoms with Crippen LogP contribution in [0.3, 0.4) is 0 Å². The summed E-state index contributed by atoms with van der Waals surface area (Å²) in [5, 5.41) is 23.2. The maximum absolute atomic E-state index is 12.4. The highest BCUT2D eigenvalue weighted by Gasteiger charge is 2.20. The molecule has 350 valence electrons. The highest BCUT2D eigenvalue weighted by Crippen LogP contribution is 2.16. The predicted octanol–water partition coefficient (Wildman–Crippen LogP) is 17.0. The Morgan fingerprint density at radius 1 is 0.410 bits per heavy atom. The van der Waals surface area contributed by atoms with E-state index in [1.807, 2.05) is 0 Å². The van der Waals surface area contributed by atoms with Crippen molar-refractivity contribution >= 4 is 5.91 Å². The molecule has 0 aliphatic carbocycles. The Balaban J connectivity index is 3.54. The first-order chi connectivity index (χ1) is 30.2. The van der Waals surface area contributed by atoms with E-state index in [0.29, 0.717) is 12.8 Å². The van der Waals surface area contributed by atoms with Crippen molar-refractivity contribution < 1.29 is 15.0 Å². The van der Waals surface area contributed by atoms with Crippen LogP contribution >= 0.6 is 0 Å². The Bertz CT molecular complexity index is 1140. The van der Waals surface area contributed by atoms with E-state index in [1.54, 1.807) is 0 Å². The molecule has 0 aliphatic heterocycles. The van der Waals surface area contributed by atoms with E-state index >= 15 is 0 Å². The molecule has 0 saturated carbocycles. The average molecular weight is 846 g/mol. The molecule has 0 aromatic heterocycles. The van der Waals surface area contributed by atoms with E-state index in [1.165, 1.54) is 135 Å². The quantitative estimate of drug-likeness (QED) is 0.0422. The highest BCUT2D eigenvalue weighted by molar-refractivity contribution is 5.76. The van der Waals surface area contributed by atoms with E-state index in [-0.39, 0.29) is 12.5 Å². The van der Waals surface area contributed by atoms with Gasteiger partial charge in [0.15, 0.2) is 0 Å². The summed E-state index contributed by atoms with van der Waals surface area (Å²) in [5.41, 5.74) is 0. The van der Waals surface area contributed by atoms with Crippen LogP contribution in [0.2, 0.25) is 0 Å². The van der Waals surface area contributed by atoms with Crippen LogP contribution in [0.25, 0.3) is 0 Å². The fourth-order valence-corrected chi connectivity index (χ4v) is 7.44. The zero-order valence-electron chi connectivity index (χ0n) is 40.2. The zero-order valence-corrected chi connectivity index (χ0v) is 40.2. The highest BCUT2D eigenvalue weighted by atomic mass is 16.3. The number of nitrogens with one attached hydrogen (secondary N) is 1. The third-order valence-corrected chi connectivity index (χ3v) is 11.4. The summed E-state index contributed by atoms with van der Waals surface area (Å²) in [5.74, 6) is -0.0376. The summed E-state index contributed by atoms with van der Waals surface area (Å²) in [4.78, 5) is 12.4. The number of unbranched alkanes of at least 4 members (excludes halogenated alkanes) is 23. The van der Waals surface area contributed by atoms with Gasteiger partial charge in [-0.3, -0.25) is 4.79 Å². The molecule has 0 aromatic carbocycles. The number of aliphatic hydroxyl groups is 2. The minimum atomic E-state index is -0.663. The maximum atomic E-state index is 12.4. The molecule has 61 heavy (non-hydrogen) atoms. The second-order valence-corrected chi connectivity index (χ2v) is 17.2. The number of rotatable bonds is 46. The van der Waals surface area contributed by atoms with Crippen molar-refractivity contribution in [2.75, 3.05) is 6.61 Å². The smallest absolute Gasteiger partial charge is 0.220 e. The molecule has 0 saturated heterocycles. The van der Waals surface area contributed by atoms with Crippen LogP contribution in [0.4, 0.5) is 0 Å². The number of aliphatic hydroxyl groups excluding tert-OH is 2. The lowest BCUT2D eigenvalue weighted by Gasteiger charge is -2.22. The monoisotopic (exact) mass is 846 g/mol. The van der Waals surface area contributed by atoms with Crippen LogP contribution in [-0.4, -0.2) is 34.9 Å². The average Bonchev–Trinajstić information content (AvgIpc) is 3.26. The van der Waals surface area contributed by atoms with Crippen molar-refractivity contribution in [2.45, 2.75) is 251 Å². The standard InChI is InChI=1S/C57H99NO3/c1-3-5-7-9-11-13-15-17-18-19-20-21-22-23-24-25-26-27-28-29-30-31-32-33-34-35-36-37-38-39-40-41-43-45-47-49-51-53-57(61)58-55(54-59)56(60)52-50-48-46-44-42-16-14-12-10-8-6-4-2/h5,7,11,13,17-18,20-21,23-24,26-27,29-30,32-33,55-56,59-60H,3-4,6,8-10,12,14-16,19,22,25,28,31,34-54H2,1-2H3,(H,58,61)/b7-5-,13-11-,18-17-,21-20-,24-23-,27-26-,30-29-,33-32-. The molecule has 4 nitrogen and oxygen atoms in total. The lowest BCUT2D eigenvalue weighted by molar-refractivity contribution is -0.123. The molecule has 0 heterocycles. The lowest BCUT2D eigenvalue weighted by Crippen LogP contribution is -2.45. The summed E-state index contributed by atoms with van der Waals surface area (Å²) in [6.07, 6.45) is 76.6. The molecular weight excluding hydrogens is 747 g/mol. The molecule has 0 bridgehead atoms. The van der Waals surface area contributed by atoms with Gasteiger partial charge in [0.25, 0.3) is 0 Å². The molecule has 3 N–H and O–H groups in total. The number of carbonyl (C=O) groups is 1. The molecule has 0 fully saturated rings. The summed E-state index contributed by atoms with van der Waals surface area (Å²) < 4.78 is 0. The summed E-state index contributed by atoms with van der Waals surface area (Å²) >= 11 is 0. The van der Waals surface area contributed by atoms with Gasteiger partial charge in [0.1, 0.15) is 0 Å². The SMILES string of the molecule is CC/C=C\C/C=C\C/C=C\C/C=C\C/C=C\C/C=C\C/C=C\C/C=C\CCCCCCCCCCCCCCC(=O)NC(CO)C(O)CCCCCCCCCCCCCC. The fourth-order valence-electron chi connectivity index (χ4n) is 7.44. The Labute approximate surface area is 379 Å². The maximum Gasteiger partial charge on any atom is 0.220 e. The van der Waals surface area contributed by atoms with Crippen molar-refractivity contribution in [1.82, 2.24) is 5.32 Å². The van der Waals surface area contributed by atoms with Gasteiger partial charge in [-0.05, 0) is 77.0 Å². The Kier molecular flexibility index (Phi) is 49.4. The van der Waals surface area contributed by atoms with Gasteiger partial charge in [0.2, 0.25) is 5.91 Å². The molecule has 0 radical (unpaired) electrons. The summed E-state index contributed by atoms with van der Waals surface area (Å²) in [7, 11) is 0. The van der Waals surface area contributed by atoms with Gasteiger partial charge >= 0.3 is 0 Å². The van der Waals surface area contributed by atoms with Crippen LogP contribution in [-0.2, 0) is 4.79 Å². The van der Waals surface area contributed by atoms with E-state index in [9.17, 15) is 15.0 Å². The number of amides is 1. The Hall–Kier alpha value is -2.69. The number of hydrogen-bond donors (Lipinski definition) is 3.